The number of hydrogen-bond acceptors (Lipinski definition) is 3. The molecule has 1 fully saturated rings. The average Bonchev–Trinajstić information content (AvgIpc) is 2.63. The second kappa shape index (κ2) is 7.76. The van der Waals surface area contributed by atoms with Crippen LogP contribution in [0.5, 0.6) is 0 Å². The van der Waals surface area contributed by atoms with Gasteiger partial charge in [-0.2, -0.15) is 5.26 Å². The van der Waals surface area contributed by atoms with Crippen molar-refractivity contribution in [1.82, 2.24) is 10.2 Å². The summed E-state index contributed by atoms with van der Waals surface area (Å²) in [7, 11) is 2.26. The van der Waals surface area contributed by atoms with E-state index in [0.29, 0.717) is 0 Å². The lowest BCUT2D eigenvalue weighted by Crippen LogP contribution is -2.33. The van der Waals surface area contributed by atoms with E-state index in [1.54, 1.807) is 0 Å². The second-order valence-corrected chi connectivity index (χ2v) is 6.27. The third-order valence-electron chi connectivity index (χ3n) is 4.03. The van der Waals surface area contributed by atoms with Crippen LogP contribution in [0.15, 0.2) is 0 Å². The molecule has 0 aromatic rings. The van der Waals surface area contributed by atoms with Gasteiger partial charge in [-0.1, -0.05) is 6.42 Å². The SMILES string of the molecule is CN(CCCCC(C)(C)C#N)C1CCCNCC1. The maximum Gasteiger partial charge on any atom is 0.0683 e. The van der Waals surface area contributed by atoms with Gasteiger partial charge in [0.2, 0.25) is 0 Å². The zero-order valence-corrected chi connectivity index (χ0v) is 12.3. The highest BCUT2D eigenvalue weighted by Gasteiger charge is 2.18. The molecule has 0 aliphatic carbocycles. The second-order valence-electron chi connectivity index (χ2n) is 6.27. The Hall–Kier alpha value is -0.590. The molecule has 0 aromatic carbocycles. The smallest absolute Gasteiger partial charge is 0.0683 e. The van der Waals surface area contributed by atoms with Gasteiger partial charge in [0.25, 0.3) is 0 Å². The highest BCUT2D eigenvalue weighted by atomic mass is 15.1. The molecule has 1 rings (SSSR count). The fourth-order valence-corrected chi connectivity index (χ4v) is 2.61. The molecule has 1 aliphatic heterocycles. The first kappa shape index (κ1) is 15.5. The van der Waals surface area contributed by atoms with Crippen molar-refractivity contribution in [3.8, 4) is 6.07 Å². The number of rotatable bonds is 6. The van der Waals surface area contributed by atoms with Gasteiger partial charge in [-0.15, -0.1) is 0 Å². The van der Waals surface area contributed by atoms with E-state index in [1.165, 1.54) is 38.8 Å². The van der Waals surface area contributed by atoms with Gasteiger partial charge in [0.05, 0.1) is 11.5 Å². The molecule has 0 aromatic heterocycles. The van der Waals surface area contributed by atoms with Crippen molar-refractivity contribution >= 4 is 0 Å². The van der Waals surface area contributed by atoms with E-state index in [0.717, 1.165) is 25.4 Å². The number of hydrogen-bond donors (Lipinski definition) is 1. The highest BCUT2D eigenvalue weighted by molar-refractivity contribution is 4.91. The van der Waals surface area contributed by atoms with Crippen molar-refractivity contribution < 1.29 is 0 Å². The Labute approximate surface area is 113 Å². The van der Waals surface area contributed by atoms with Crippen LogP contribution in [0.25, 0.3) is 0 Å². The predicted octanol–water partition coefficient (Wildman–Crippen LogP) is 2.78. The average molecular weight is 251 g/mol. The maximum atomic E-state index is 8.97. The Morgan fingerprint density at radius 1 is 1.28 bits per heavy atom. The molecule has 3 heteroatoms. The summed E-state index contributed by atoms with van der Waals surface area (Å²) in [5.74, 6) is 0. The number of nitriles is 1. The molecule has 1 unspecified atom stereocenters. The molecule has 18 heavy (non-hydrogen) atoms. The first-order valence-electron chi connectivity index (χ1n) is 7.37. The van der Waals surface area contributed by atoms with Crippen LogP contribution < -0.4 is 5.32 Å². The summed E-state index contributed by atoms with van der Waals surface area (Å²) in [5.41, 5.74) is -0.148. The van der Waals surface area contributed by atoms with Gasteiger partial charge in [-0.05, 0) is 72.6 Å². The van der Waals surface area contributed by atoms with Crippen LogP contribution in [0.2, 0.25) is 0 Å². The van der Waals surface area contributed by atoms with E-state index >= 15 is 0 Å². The summed E-state index contributed by atoms with van der Waals surface area (Å²) < 4.78 is 0. The predicted molar refractivity (Wildman–Crippen MR) is 76.4 cm³/mol. The Balaban J connectivity index is 2.16. The number of nitrogens with one attached hydrogen (secondary N) is 1. The quantitative estimate of drug-likeness (QED) is 0.738. The van der Waals surface area contributed by atoms with Crippen molar-refractivity contribution in [2.45, 2.75) is 58.4 Å². The van der Waals surface area contributed by atoms with Gasteiger partial charge < -0.3 is 10.2 Å². The summed E-state index contributed by atoms with van der Waals surface area (Å²) >= 11 is 0. The molecule has 1 heterocycles. The molecule has 104 valence electrons. The molecule has 1 aliphatic rings. The molecule has 3 nitrogen and oxygen atoms in total. The van der Waals surface area contributed by atoms with E-state index < -0.39 is 0 Å². The van der Waals surface area contributed by atoms with E-state index in [4.69, 9.17) is 5.26 Å². The minimum Gasteiger partial charge on any atom is -0.317 e. The van der Waals surface area contributed by atoms with Crippen molar-refractivity contribution in [2.24, 2.45) is 5.41 Å². The standard InChI is InChI=1S/C15H29N3/c1-15(2,13-16)9-4-5-12-18(3)14-7-6-10-17-11-8-14/h14,17H,4-12H2,1-3H3. The van der Waals surface area contributed by atoms with Crippen LogP contribution in [-0.2, 0) is 0 Å². The minimum atomic E-state index is -0.148. The monoisotopic (exact) mass is 251 g/mol. The maximum absolute atomic E-state index is 8.97. The van der Waals surface area contributed by atoms with E-state index in [9.17, 15) is 0 Å². The lowest BCUT2D eigenvalue weighted by atomic mass is 9.89. The van der Waals surface area contributed by atoms with Gasteiger partial charge in [0.15, 0.2) is 0 Å². The van der Waals surface area contributed by atoms with Crippen LogP contribution in [-0.4, -0.2) is 37.6 Å². The van der Waals surface area contributed by atoms with Crippen LogP contribution in [0.4, 0.5) is 0 Å². The van der Waals surface area contributed by atoms with Crippen molar-refractivity contribution in [3.63, 3.8) is 0 Å². The van der Waals surface area contributed by atoms with Crippen LogP contribution >= 0.6 is 0 Å². The minimum absolute atomic E-state index is 0.148. The molecule has 0 amide bonds. The fraction of sp³-hybridized carbons (Fsp3) is 0.933. The summed E-state index contributed by atoms with van der Waals surface area (Å²) in [6.07, 6.45) is 7.30. The zero-order chi connectivity index (χ0) is 13.4. The molecular formula is C15H29N3. The zero-order valence-electron chi connectivity index (χ0n) is 12.3. The molecule has 0 bridgehead atoms. The number of nitrogens with zero attached hydrogens (tertiary/aromatic N) is 2. The summed E-state index contributed by atoms with van der Waals surface area (Å²) in [6, 6.07) is 3.13. The third kappa shape index (κ3) is 5.84. The Morgan fingerprint density at radius 2 is 2.06 bits per heavy atom. The van der Waals surface area contributed by atoms with E-state index in [-0.39, 0.29) is 5.41 Å². The highest BCUT2D eigenvalue weighted by Crippen LogP contribution is 2.22. The van der Waals surface area contributed by atoms with Gasteiger partial charge in [-0.3, -0.25) is 0 Å². The largest absolute Gasteiger partial charge is 0.317 e. The third-order valence-corrected chi connectivity index (χ3v) is 4.03. The summed E-state index contributed by atoms with van der Waals surface area (Å²) in [5, 5.41) is 12.4. The fourth-order valence-electron chi connectivity index (χ4n) is 2.61. The molecule has 0 spiro atoms. The van der Waals surface area contributed by atoms with Crippen molar-refractivity contribution in [2.75, 3.05) is 26.7 Å². The van der Waals surface area contributed by atoms with Gasteiger partial charge in [0, 0.05) is 6.04 Å². The van der Waals surface area contributed by atoms with Crippen LogP contribution in [0, 0.1) is 16.7 Å². The molecule has 0 radical (unpaired) electrons. The van der Waals surface area contributed by atoms with E-state index in [1.807, 2.05) is 13.8 Å². The van der Waals surface area contributed by atoms with Crippen molar-refractivity contribution in [3.05, 3.63) is 0 Å². The van der Waals surface area contributed by atoms with Crippen LogP contribution in [0.1, 0.15) is 52.4 Å². The van der Waals surface area contributed by atoms with Gasteiger partial charge in [-0.25, -0.2) is 0 Å². The molecular weight excluding hydrogens is 222 g/mol. The molecule has 1 saturated heterocycles. The lowest BCUT2D eigenvalue weighted by molar-refractivity contribution is 0.217. The summed E-state index contributed by atoms with van der Waals surface area (Å²) in [4.78, 5) is 2.52. The van der Waals surface area contributed by atoms with Crippen molar-refractivity contribution in [1.29, 1.82) is 5.26 Å². The lowest BCUT2D eigenvalue weighted by Gasteiger charge is -2.27. The Bertz CT molecular complexity index is 259. The van der Waals surface area contributed by atoms with E-state index in [2.05, 4.69) is 23.3 Å². The van der Waals surface area contributed by atoms with Crippen LogP contribution in [0.3, 0.4) is 0 Å². The number of unbranched alkanes of at least 4 members (excludes halogenated alkanes) is 1. The molecule has 0 saturated carbocycles. The summed E-state index contributed by atoms with van der Waals surface area (Å²) in [6.45, 7) is 7.59. The topological polar surface area (TPSA) is 39.1 Å². The van der Waals surface area contributed by atoms with Gasteiger partial charge >= 0.3 is 0 Å². The Kier molecular flexibility index (Phi) is 6.67. The Morgan fingerprint density at radius 3 is 2.78 bits per heavy atom. The van der Waals surface area contributed by atoms with Gasteiger partial charge in [0.1, 0.15) is 0 Å². The normalized spacial score (nSPS) is 21.6. The first-order valence-corrected chi connectivity index (χ1v) is 7.37. The molecule has 1 N–H and O–H groups in total. The molecule has 1 atom stereocenters. The first-order chi connectivity index (χ1) is 8.55.